The summed E-state index contributed by atoms with van der Waals surface area (Å²) in [6, 6.07) is 0. The van der Waals surface area contributed by atoms with Crippen LogP contribution in [0.3, 0.4) is 0 Å². The van der Waals surface area contributed by atoms with Gasteiger partial charge in [-0.2, -0.15) is 0 Å². The summed E-state index contributed by atoms with van der Waals surface area (Å²) < 4.78 is 0. The molecule has 0 aromatic heterocycles. The molecule has 0 rings (SSSR count). The Bertz CT molecular complexity index is 538. The Morgan fingerprint density at radius 2 is 0.548 bits per heavy atom. The zero-order chi connectivity index (χ0) is 31.0. The molecule has 3 nitrogen and oxygen atoms in total. The van der Waals surface area contributed by atoms with Crippen LogP contribution in [0.25, 0.3) is 0 Å². The van der Waals surface area contributed by atoms with Crippen molar-refractivity contribution in [1.82, 2.24) is 0 Å². The van der Waals surface area contributed by atoms with Gasteiger partial charge in [0, 0.05) is 12.8 Å². The summed E-state index contributed by atoms with van der Waals surface area (Å²) >= 11 is 0. The molecule has 0 amide bonds. The summed E-state index contributed by atoms with van der Waals surface area (Å²) in [4.78, 5) is 25.5. The SMILES string of the molecule is CCCCCCCCCCCCCCCCCC(=O)C(O)(CC)C(=O)CCCCCCCCCCCCCCCCC. The number of carbonyl (C=O) groups is 2. The van der Waals surface area contributed by atoms with E-state index >= 15 is 0 Å². The molecule has 0 atom stereocenters. The van der Waals surface area contributed by atoms with Crippen LogP contribution in [0.5, 0.6) is 0 Å². The largest absolute Gasteiger partial charge is 0.375 e. The summed E-state index contributed by atoms with van der Waals surface area (Å²) in [5, 5.41) is 10.9. The average Bonchev–Trinajstić information content (AvgIpc) is 3.00. The normalized spacial score (nSPS) is 11.8. The maximum atomic E-state index is 12.8. The summed E-state index contributed by atoms with van der Waals surface area (Å²) in [5.41, 5.74) is -1.74. The molecule has 0 aromatic rings. The van der Waals surface area contributed by atoms with Gasteiger partial charge in [-0.05, 0) is 19.3 Å². The van der Waals surface area contributed by atoms with E-state index in [1.807, 2.05) is 0 Å². The van der Waals surface area contributed by atoms with Gasteiger partial charge < -0.3 is 5.11 Å². The molecule has 42 heavy (non-hydrogen) atoms. The second-order valence-corrected chi connectivity index (χ2v) is 13.5. The van der Waals surface area contributed by atoms with E-state index in [0.29, 0.717) is 12.8 Å². The lowest BCUT2D eigenvalue weighted by atomic mass is 9.85. The summed E-state index contributed by atoms with van der Waals surface area (Å²) in [5.74, 6) is -0.490. The molecular weight excluding hydrogens is 516 g/mol. The second-order valence-electron chi connectivity index (χ2n) is 13.5. The van der Waals surface area contributed by atoms with Crippen molar-refractivity contribution >= 4 is 11.6 Å². The van der Waals surface area contributed by atoms with E-state index in [1.54, 1.807) is 6.92 Å². The fourth-order valence-electron chi connectivity index (χ4n) is 6.28. The number of rotatable bonds is 35. The highest BCUT2D eigenvalue weighted by molar-refractivity contribution is 6.09. The van der Waals surface area contributed by atoms with E-state index in [-0.39, 0.29) is 18.0 Å². The Balaban J connectivity index is 3.67. The van der Waals surface area contributed by atoms with Gasteiger partial charge in [0.05, 0.1) is 0 Å². The quantitative estimate of drug-likeness (QED) is 0.0588. The molecule has 0 radical (unpaired) electrons. The Morgan fingerprint density at radius 3 is 0.738 bits per heavy atom. The molecule has 0 spiro atoms. The lowest BCUT2D eigenvalue weighted by Gasteiger charge is -2.24. The molecule has 0 aliphatic heterocycles. The van der Waals surface area contributed by atoms with Crippen LogP contribution in [0, 0.1) is 0 Å². The molecule has 1 N–H and O–H groups in total. The molecule has 0 fully saturated rings. The number of ketones is 2. The van der Waals surface area contributed by atoms with E-state index in [9.17, 15) is 14.7 Å². The monoisotopic (exact) mass is 593 g/mol. The average molecular weight is 593 g/mol. The minimum Gasteiger partial charge on any atom is -0.375 e. The third kappa shape index (κ3) is 24.7. The van der Waals surface area contributed by atoms with Crippen LogP contribution in [-0.2, 0) is 9.59 Å². The lowest BCUT2D eigenvalue weighted by Crippen LogP contribution is -2.46. The zero-order valence-corrected chi connectivity index (χ0v) is 29.1. The highest BCUT2D eigenvalue weighted by Crippen LogP contribution is 2.22. The fourth-order valence-corrected chi connectivity index (χ4v) is 6.28. The Labute approximate surface area is 264 Å². The van der Waals surface area contributed by atoms with Crippen LogP contribution in [0.1, 0.15) is 233 Å². The third-order valence-corrected chi connectivity index (χ3v) is 9.45. The van der Waals surface area contributed by atoms with Gasteiger partial charge in [0.15, 0.2) is 17.2 Å². The molecule has 250 valence electrons. The third-order valence-electron chi connectivity index (χ3n) is 9.45. The predicted molar refractivity (Wildman–Crippen MR) is 184 cm³/mol. The van der Waals surface area contributed by atoms with Crippen molar-refractivity contribution in [3.63, 3.8) is 0 Å². The first-order valence-electron chi connectivity index (χ1n) is 19.3. The topological polar surface area (TPSA) is 54.4 Å². The predicted octanol–water partition coefficient (Wildman–Crippen LogP) is 12.8. The fraction of sp³-hybridized carbons (Fsp3) is 0.949. The van der Waals surface area contributed by atoms with Crippen molar-refractivity contribution in [1.29, 1.82) is 0 Å². The maximum absolute atomic E-state index is 12.8. The molecule has 0 aliphatic rings. The zero-order valence-electron chi connectivity index (χ0n) is 29.1. The smallest absolute Gasteiger partial charge is 0.180 e. The van der Waals surface area contributed by atoms with Crippen molar-refractivity contribution < 1.29 is 14.7 Å². The van der Waals surface area contributed by atoms with Crippen LogP contribution in [0.4, 0.5) is 0 Å². The number of aliphatic hydroxyl groups is 1. The minimum atomic E-state index is -1.74. The Morgan fingerprint density at radius 1 is 0.357 bits per heavy atom. The van der Waals surface area contributed by atoms with E-state index < -0.39 is 5.60 Å². The van der Waals surface area contributed by atoms with Crippen molar-refractivity contribution in [3.8, 4) is 0 Å². The van der Waals surface area contributed by atoms with Gasteiger partial charge in [0.1, 0.15) is 0 Å². The summed E-state index contributed by atoms with van der Waals surface area (Å²) in [6.07, 6.45) is 39.6. The maximum Gasteiger partial charge on any atom is 0.180 e. The molecule has 0 heterocycles. The van der Waals surface area contributed by atoms with Crippen molar-refractivity contribution in [2.45, 2.75) is 238 Å². The van der Waals surface area contributed by atoms with Crippen molar-refractivity contribution in [2.24, 2.45) is 0 Å². The minimum absolute atomic E-state index is 0.210. The van der Waals surface area contributed by atoms with Crippen LogP contribution >= 0.6 is 0 Å². The van der Waals surface area contributed by atoms with Gasteiger partial charge >= 0.3 is 0 Å². The van der Waals surface area contributed by atoms with Crippen molar-refractivity contribution in [3.05, 3.63) is 0 Å². The van der Waals surface area contributed by atoms with E-state index in [4.69, 9.17) is 0 Å². The number of Topliss-reactive ketones (excluding diaryl/α,β-unsaturated/α-hetero) is 2. The number of carbonyl (C=O) groups excluding carboxylic acids is 2. The number of hydrogen-bond donors (Lipinski definition) is 1. The van der Waals surface area contributed by atoms with E-state index in [1.165, 1.54) is 154 Å². The van der Waals surface area contributed by atoms with Gasteiger partial charge in [-0.3, -0.25) is 9.59 Å². The number of hydrogen-bond acceptors (Lipinski definition) is 3. The molecule has 0 aromatic carbocycles. The summed E-state index contributed by atoms with van der Waals surface area (Å²) in [7, 11) is 0. The van der Waals surface area contributed by atoms with Crippen LogP contribution in [-0.4, -0.2) is 22.3 Å². The molecule has 0 bridgehead atoms. The van der Waals surface area contributed by atoms with Gasteiger partial charge in [0.2, 0.25) is 0 Å². The first-order valence-corrected chi connectivity index (χ1v) is 19.3. The molecule has 0 aliphatic carbocycles. The number of unbranched alkanes of at least 4 members (excludes halogenated alkanes) is 28. The van der Waals surface area contributed by atoms with Gasteiger partial charge in [-0.1, -0.05) is 201 Å². The molecule has 0 saturated carbocycles. The van der Waals surface area contributed by atoms with Gasteiger partial charge in [-0.25, -0.2) is 0 Å². The second kappa shape index (κ2) is 31.7. The standard InChI is InChI=1S/C39H76O3/c1-4-7-9-11-13-15-17-19-21-23-25-27-29-31-33-35-37(40)39(42,6-3)38(41)36-34-32-30-28-26-24-22-20-18-16-14-12-10-8-5-2/h42H,4-36H2,1-3H3. The first-order chi connectivity index (χ1) is 20.5. The van der Waals surface area contributed by atoms with Crippen molar-refractivity contribution in [2.75, 3.05) is 0 Å². The van der Waals surface area contributed by atoms with E-state index in [2.05, 4.69) is 13.8 Å². The Hall–Kier alpha value is -0.700. The van der Waals surface area contributed by atoms with Gasteiger partial charge in [-0.15, -0.1) is 0 Å². The molecular formula is C39H76O3. The molecule has 0 saturated heterocycles. The van der Waals surface area contributed by atoms with E-state index in [0.717, 1.165) is 38.5 Å². The molecule has 3 heteroatoms. The lowest BCUT2D eigenvalue weighted by molar-refractivity contribution is -0.151. The first kappa shape index (κ1) is 41.3. The van der Waals surface area contributed by atoms with Crippen LogP contribution < -0.4 is 0 Å². The molecule has 0 unspecified atom stereocenters. The highest BCUT2D eigenvalue weighted by atomic mass is 16.3. The van der Waals surface area contributed by atoms with Crippen LogP contribution in [0.15, 0.2) is 0 Å². The van der Waals surface area contributed by atoms with Gasteiger partial charge in [0.25, 0.3) is 0 Å². The van der Waals surface area contributed by atoms with Crippen LogP contribution in [0.2, 0.25) is 0 Å². The highest BCUT2D eigenvalue weighted by Gasteiger charge is 2.39. The Kier molecular flexibility index (Phi) is 31.2. The summed E-state index contributed by atoms with van der Waals surface area (Å²) in [6.45, 7) is 6.32.